The Morgan fingerprint density at radius 3 is 2.79 bits per heavy atom. The molecule has 0 bridgehead atoms. The average molecular weight is 323 g/mol. The molecule has 1 aliphatic rings. The fraction of sp³-hybridized carbons (Fsp3) is 0.294. The summed E-state index contributed by atoms with van der Waals surface area (Å²) in [5.74, 6) is 0.108. The van der Waals surface area contributed by atoms with Crippen LogP contribution < -0.4 is 10.9 Å². The first-order valence-corrected chi connectivity index (χ1v) is 7.90. The van der Waals surface area contributed by atoms with Crippen LogP contribution in [0.5, 0.6) is 0 Å². The second-order valence-electron chi connectivity index (χ2n) is 6.24. The number of nitrogens with one attached hydrogen (secondary N) is 2. The second kappa shape index (κ2) is 5.30. The van der Waals surface area contributed by atoms with Crippen molar-refractivity contribution in [2.75, 3.05) is 5.32 Å². The zero-order chi connectivity index (χ0) is 16.8. The van der Waals surface area contributed by atoms with Crippen LogP contribution in [0.4, 0.5) is 5.82 Å². The molecule has 0 radical (unpaired) electrons. The molecule has 0 aliphatic carbocycles. The summed E-state index contributed by atoms with van der Waals surface area (Å²) in [7, 11) is 0. The molecule has 0 unspecified atom stereocenters. The van der Waals surface area contributed by atoms with Crippen LogP contribution in [0.25, 0.3) is 11.0 Å². The summed E-state index contributed by atoms with van der Waals surface area (Å²) in [4.78, 5) is 33.5. The molecule has 2 N–H and O–H groups in total. The van der Waals surface area contributed by atoms with E-state index in [1.54, 1.807) is 17.1 Å². The second-order valence-corrected chi connectivity index (χ2v) is 6.24. The number of hydrogen-bond acceptors (Lipinski definition) is 4. The van der Waals surface area contributed by atoms with E-state index >= 15 is 0 Å². The van der Waals surface area contributed by atoms with E-state index in [2.05, 4.69) is 20.4 Å². The van der Waals surface area contributed by atoms with Crippen molar-refractivity contribution in [3.63, 3.8) is 0 Å². The number of fused-ring (bicyclic) bond motifs is 2. The summed E-state index contributed by atoms with van der Waals surface area (Å²) < 4.78 is 1.71. The number of aromatic amines is 1. The highest BCUT2D eigenvalue weighted by Crippen LogP contribution is 2.37. The molecule has 24 heavy (non-hydrogen) atoms. The summed E-state index contributed by atoms with van der Waals surface area (Å²) in [6.45, 7) is 3.91. The molecule has 1 aromatic carbocycles. The minimum atomic E-state index is -0.335. The molecule has 7 nitrogen and oxygen atoms in total. The molecule has 0 fully saturated rings. The Bertz CT molecular complexity index is 996. The summed E-state index contributed by atoms with van der Waals surface area (Å²) in [5.41, 5.74) is 2.74. The maximum Gasteiger partial charge on any atom is 0.270 e. The zero-order valence-electron chi connectivity index (χ0n) is 13.4. The predicted octanol–water partition coefficient (Wildman–Crippen LogP) is 2.17. The number of rotatable bonds is 2. The van der Waals surface area contributed by atoms with E-state index in [9.17, 15) is 9.59 Å². The van der Waals surface area contributed by atoms with E-state index in [1.165, 1.54) is 0 Å². The number of carbonyl (C=O) groups excluding carboxylic acids is 1. The number of nitrogens with zero attached hydrogens (tertiary/aromatic N) is 3. The predicted molar refractivity (Wildman–Crippen MR) is 90.1 cm³/mol. The van der Waals surface area contributed by atoms with Gasteiger partial charge in [-0.3, -0.25) is 29.3 Å². The van der Waals surface area contributed by atoms with Gasteiger partial charge in [-0.2, -0.15) is 0 Å². The molecule has 1 amide bonds. The van der Waals surface area contributed by atoms with Crippen molar-refractivity contribution in [3.8, 4) is 0 Å². The molecule has 3 aromatic rings. The van der Waals surface area contributed by atoms with Gasteiger partial charge in [0.25, 0.3) is 5.56 Å². The van der Waals surface area contributed by atoms with E-state index < -0.39 is 0 Å². The lowest BCUT2D eigenvalue weighted by atomic mass is 9.86. The van der Waals surface area contributed by atoms with Gasteiger partial charge in [-0.05, 0) is 25.5 Å². The van der Waals surface area contributed by atoms with Crippen LogP contribution in [0.1, 0.15) is 43.4 Å². The largest absolute Gasteiger partial charge is 0.311 e. The molecule has 7 heteroatoms. The molecule has 1 aliphatic heterocycles. The number of H-pyrrole nitrogens is 1. The molecule has 0 spiro atoms. The highest BCUT2D eigenvalue weighted by molar-refractivity contribution is 5.95. The molecule has 4 rings (SSSR count). The van der Waals surface area contributed by atoms with Gasteiger partial charge in [-0.15, -0.1) is 0 Å². The fourth-order valence-corrected chi connectivity index (χ4v) is 3.33. The molecule has 2 aromatic heterocycles. The highest BCUT2D eigenvalue weighted by atomic mass is 16.2. The van der Waals surface area contributed by atoms with Crippen LogP contribution in [-0.4, -0.2) is 25.7 Å². The first-order valence-electron chi connectivity index (χ1n) is 7.90. The zero-order valence-corrected chi connectivity index (χ0v) is 13.4. The number of para-hydroxylation sites is 1. The molecule has 0 saturated heterocycles. The number of amides is 1. The summed E-state index contributed by atoms with van der Waals surface area (Å²) in [6.07, 6.45) is 3.47. The van der Waals surface area contributed by atoms with Crippen molar-refractivity contribution >= 4 is 22.8 Å². The van der Waals surface area contributed by atoms with Gasteiger partial charge in [0.2, 0.25) is 5.91 Å². The number of carbonyl (C=O) groups is 1. The van der Waals surface area contributed by atoms with Gasteiger partial charge in [0.1, 0.15) is 5.82 Å². The van der Waals surface area contributed by atoms with E-state index in [0.717, 1.165) is 16.6 Å². The average Bonchev–Trinajstić information content (AvgIpc) is 2.90. The molecule has 0 saturated carbocycles. The number of anilines is 1. The van der Waals surface area contributed by atoms with Gasteiger partial charge in [0.05, 0.1) is 16.6 Å². The maximum atomic E-state index is 12.6. The van der Waals surface area contributed by atoms with E-state index in [4.69, 9.17) is 0 Å². The van der Waals surface area contributed by atoms with Crippen molar-refractivity contribution in [1.29, 1.82) is 0 Å². The van der Waals surface area contributed by atoms with Crippen molar-refractivity contribution < 1.29 is 4.79 Å². The Hall–Kier alpha value is -2.96. The van der Waals surface area contributed by atoms with Crippen molar-refractivity contribution in [2.45, 2.75) is 32.2 Å². The molecule has 122 valence electrons. The van der Waals surface area contributed by atoms with Crippen molar-refractivity contribution in [1.82, 2.24) is 19.7 Å². The molecular formula is C17H17N5O2. The van der Waals surface area contributed by atoms with Gasteiger partial charge in [0, 0.05) is 30.8 Å². The Balaban J connectivity index is 1.98. The molecular weight excluding hydrogens is 306 g/mol. The van der Waals surface area contributed by atoms with Gasteiger partial charge in [-0.25, -0.2) is 0 Å². The quantitative estimate of drug-likeness (QED) is 0.756. The highest BCUT2D eigenvalue weighted by Gasteiger charge is 2.34. The maximum absolute atomic E-state index is 12.6. The Kier molecular flexibility index (Phi) is 3.23. The monoisotopic (exact) mass is 323 g/mol. The number of aromatic nitrogens is 4. The lowest BCUT2D eigenvalue weighted by molar-refractivity contribution is -0.116. The first-order chi connectivity index (χ1) is 11.6. The Labute approximate surface area is 137 Å². The molecule has 1 atom stereocenters. The fourth-order valence-electron chi connectivity index (χ4n) is 3.33. The Morgan fingerprint density at radius 1 is 1.21 bits per heavy atom. The van der Waals surface area contributed by atoms with Crippen LogP contribution in [0.15, 0.2) is 35.4 Å². The lowest BCUT2D eigenvalue weighted by Crippen LogP contribution is -2.27. The standard InChI is InChI=1S/C17H17N5O2/c1-9(2)22-16-14(17(24)21-22)11(8-13(23)20-16)10-4-3-5-12-15(10)19-7-6-18-12/h3-7,9,11H,8H2,1-2H3,(H,20,23)(H,21,24)/t11-/m1/s1. The minimum Gasteiger partial charge on any atom is -0.311 e. The third kappa shape index (κ3) is 2.12. The normalized spacial score (nSPS) is 17.1. The van der Waals surface area contributed by atoms with Gasteiger partial charge >= 0.3 is 0 Å². The summed E-state index contributed by atoms with van der Waals surface area (Å²) >= 11 is 0. The number of benzene rings is 1. The lowest BCUT2D eigenvalue weighted by Gasteiger charge is -2.24. The summed E-state index contributed by atoms with van der Waals surface area (Å²) in [5, 5.41) is 5.67. The van der Waals surface area contributed by atoms with Crippen LogP contribution in [0.2, 0.25) is 0 Å². The Morgan fingerprint density at radius 2 is 2.00 bits per heavy atom. The van der Waals surface area contributed by atoms with E-state index in [0.29, 0.717) is 11.4 Å². The van der Waals surface area contributed by atoms with E-state index in [-0.39, 0.29) is 29.8 Å². The van der Waals surface area contributed by atoms with Crippen LogP contribution >= 0.6 is 0 Å². The third-order valence-corrected chi connectivity index (χ3v) is 4.38. The van der Waals surface area contributed by atoms with Gasteiger partial charge in [0.15, 0.2) is 0 Å². The SMILES string of the molecule is CC(C)n1[nH]c(=O)c2c1NC(=O)C[C@@H]2c1cccc2nccnc12. The van der Waals surface area contributed by atoms with Crippen molar-refractivity contribution in [2.24, 2.45) is 0 Å². The van der Waals surface area contributed by atoms with Gasteiger partial charge < -0.3 is 5.32 Å². The molecule has 3 heterocycles. The number of hydrogen-bond donors (Lipinski definition) is 2. The van der Waals surface area contributed by atoms with Crippen molar-refractivity contribution in [3.05, 3.63) is 52.1 Å². The van der Waals surface area contributed by atoms with Crippen LogP contribution in [0.3, 0.4) is 0 Å². The first kappa shape index (κ1) is 14.6. The van der Waals surface area contributed by atoms with Crippen LogP contribution in [-0.2, 0) is 4.79 Å². The van der Waals surface area contributed by atoms with Crippen LogP contribution in [0, 0.1) is 0 Å². The minimum absolute atomic E-state index is 0.0350. The smallest absolute Gasteiger partial charge is 0.270 e. The van der Waals surface area contributed by atoms with Gasteiger partial charge in [-0.1, -0.05) is 12.1 Å². The summed E-state index contributed by atoms with van der Waals surface area (Å²) in [6, 6.07) is 5.70. The van der Waals surface area contributed by atoms with E-state index in [1.807, 2.05) is 32.0 Å². The third-order valence-electron chi connectivity index (χ3n) is 4.38. The topological polar surface area (TPSA) is 92.7 Å².